The maximum atomic E-state index is 12.9. The molecule has 2 unspecified atom stereocenters. The van der Waals surface area contributed by atoms with E-state index in [0.717, 1.165) is 12.1 Å². The monoisotopic (exact) mass is 469 g/mol. The number of aliphatic imine (C=N–C) groups is 1. The number of benzene rings is 2. The number of hydrogen-bond acceptors (Lipinski definition) is 6. The fourth-order valence-electron chi connectivity index (χ4n) is 3.47. The standard InChI is InChI=1S/C20H18F3N3O3S2/c21-20(22,23)13-5-4-6-14(9-13)24-18(27)10-26(15-7-2-1-3-8-15)19-25-16-11-31(28,29)12-17(16)30-19/h1-9,16-17H,10-12H2,(H,24,27). The topological polar surface area (TPSA) is 78.8 Å². The van der Waals surface area contributed by atoms with E-state index in [0.29, 0.717) is 10.9 Å². The predicted molar refractivity (Wildman–Crippen MR) is 115 cm³/mol. The molecule has 2 heterocycles. The molecule has 11 heteroatoms. The van der Waals surface area contributed by atoms with Gasteiger partial charge in [-0.25, -0.2) is 8.42 Å². The average molecular weight is 470 g/mol. The van der Waals surface area contributed by atoms with Crippen LogP contribution in [0.2, 0.25) is 0 Å². The van der Waals surface area contributed by atoms with Gasteiger partial charge in [0.2, 0.25) is 5.91 Å². The Bertz CT molecular complexity index is 1120. The average Bonchev–Trinajstić information content (AvgIpc) is 3.19. The molecule has 0 spiro atoms. The van der Waals surface area contributed by atoms with Gasteiger partial charge in [0.25, 0.3) is 0 Å². The van der Waals surface area contributed by atoms with Gasteiger partial charge in [-0.2, -0.15) is 13.2 Å². The van der Waals surface area contributed by atoms with E-state index in [-0.39, 0.29) is 35.0 Å². The van der Waals surface area contributed by atoms with E-state index >= 15 is 0 Å². The van der Waals surface area contributed by atoms with Crippen molar-refractivity contribution in [3.05, 3.63) is 60.2 Å². The van der Waals surface area contributed by atoms with E-state index in [1.54, 1.807) is 29.2 Å². The van der Waals surface area contributed by atoms with Crippen LogP contribution in [0.15, 0.2) is 59.6 Å². The first-order valence-electron chi connectivity index (χ1n) is 9.35. The quantitative estimate of drug-likeness (QED) is 0.743. The molecule has 2 atom stereocenters. The van der Waals surface area contributed by atoms with E-state index in [9.17, 15) is 26.4 Å². The van der Waals surface area contributed by atoms with Crippen LogP contribution in [0.4, 0.5) is 24.5 Å². The van der Waals surface area contributed by atoms with Crippen LogP contribution in [0.1, 0.15) is 5.56 Å². The molecule has 1 amide bonds. The number of hydrogen-bond donors (Lipinski definition) is 1. The molecule has 0 bridgehead atoms. The minimum absolute atomic E-state index is 0.0206. The van der Waals surface area contributed by atoms with Crippen LogP contribution in [0.5, 0.6) is 0 Å². The number of alkyl halides is 3. The van der Waals surface area contributed by atoms with Crippen LogP contribution < -0.4 is 10.2 Å². The molecular formula is C20H18F3N3O3S2. The number of amides is 1. The van der Waals surface area contributed by atoms with Gasteiger partial charge in [0.05, 0.1) is 23.1 Å². The van der Waals surface area contributed by atoms with Crippen molar-refractivity contribution in [1.82, 2.24) is 0 Å². The fraction of sp³-hybridized carbons (Fsp3) is 0.300. The number of amidine groups is 1. The lowest BCUT2D eigenvalue weighted by Gasteiger charge is -2.24. The smallest absolute Gasteiger partial charge is 0.325 e. The number of rotatable bonds is 4. The molecule has 31 heavy (non-hydrogen) atoms. The molecule has 0 aliphatic carbocycles. The Hall–Kier alpha value is -2.53. The van der Waals surface area contributed by atoms with Gasteiger partial charge < -0.3 is 10.2 Å². The Balaban J connectivity index is 1.53. The number of halogens is 3. The summed E-state index contributed by atoms with van der Waals surface area (Å²) in [5.74, 6) is -0.502. The van der Waals surface area contributed by atoms with Crippen molar-refractivity contribution < 1.29 is 26.4 Å². The Morgan fingerprint density at radius 1 is 1.13 bits per heavy atom. The molecule has 2 aliphatic rings. The predicted octanol–water partition coefficient (Wildman–Crippen LogP) is 3.42. The minimum atomic E-state index is -4.51. The molecule has 164 valence electrons. The van der Waals surface area contributed by atoms with Crippen molar-refractivity contribution in [1.29, 1.82) is 0 Å². The first-order valence-corrected chi connectivity index (χ1v) is 12.1. The van der Waals surface area contributed by atoms with Crippen molar-refractivity contribution in [2.75, 3.05) is 28.3 Å². The maximum absolute atomic E-state index is 12.9. The summed E-state index contributed by atoms with van der Waals surface area (Å²) >= 11 is 1.31. The summed E-state index contributed by atoms with van der Waals surface area (Å²) in [6, 6.07) is 13.0. The van der Waals surface area contributed by atoms with E-state index in [4.69, 9.17) is 0 Å². The number of fused-ring (bicyclic) bond motifs is 1. The molecule has 0 aromatic heterocycles. The van der Waals surface area contributed by atoms with E-state index < -0.39 is 27.5 Å². The van der Waals surface area contributed by atoms with Gasteiger partial charge >= 0.3 is 6.18 Å². The Morgan fingerprint density at radius 3 is 2.55 bits per heavy atom. The summed E-state index contributed by atoms with van der Waals surface area (Å²) in [6.45, 7) is -0.182. The van der Waals surface area contributed by atoms with E-state index in [1.807, 2.05) is 6.07 Å². The normalized spacial score (nSPS) is 22.0. The lowest BCUT2D eigenvalue weighted by Crippen LogP contribution is -2.36. The molecule has 0 radical (unpaired) electrons. The Morgan fingerprint density at radius 2 is 1.87 bits per heavy atom. The van der Waals surface area contributed by atoms with Crippen molar-refractivity contribution in [3.8, 4) is 0 Å². The highest BCUT2D eigenvalue weighted by Crippen LogP contribution is 2.37. The second-order valence-corrected chi connectivity index (χ2v) is 10.6. The first kappa shape index (κ1) is 21.7. The van der Waals surface area contributed by atoms with Crippen LogP contribution >= 0.6 is 11.8 Å². The molecule has 1 N–H and O–H groups in total. The third-order valence-corrected chi connectivity index (χ3v) is 8.13. The van der Waals surface area contributed by atoms with Crippen LogP contribution in [0.3, 0.4) is 0 Å². The number of thioether (sulfide) groups is 1. The molecule has 2 aliphatic heterocycles. The van der Waals surface area contributed by atoms with Crippen LogP contribution in [-0.4, -0.2) is 48.8 Å². The number of sulfone groups is 1. The zero-order valence-electron chi connectivity index (χ0n) is 16.0. The summed E-state index contributed by atoms with van der Waals surface area (Å²) < 4.78 is 62.4. The lowest BCUT2D eigenvalue weighted by atomic mass is 10.2. The number of carbonyl (C=O) groups is 1. The zero-order chi connectivity index (χ0) is 22.2. The molecule has 6 nitrogen and oxygen atoms in total. The number of nitrogens with one attached hydrogen (secondary N) is 1. The second-order valence-electron chi connectivity index (χ2n) is 7.26. The van der Waals surface area contributed by atoms with Crippen molar-refractivity contribution >= 4 is 44.0 Å². The summed E-state index contributed by atoms with van der Waals surface area (Å²) in [7, 11) is -3.12. The van der Waals surface area contributed by atoms with Gasteiger partial charge in [-0.05, 0) is 30.3 Å². The molecule has 2 aromatic carbocycles. The molecule has 2 aromatic rings. The lowest BCUT2D eigenvalue weighted by molar-refractivity contribution is -0.137. The highest BCUT2D eigenvalue weighted by Gasteiger charge is 2.44. The van der Waals surface area contributed by atoms with Crippen molar-refractivity contribution in [3.63, 3.8) is 0 Å². The third kappa shape index (κ3) is 5.04. The van der Waals surface area contributed by atoms with Gasteiger partial charge in [-0.1, -0.05) is 36.0 Å². The zero-order valence-corrected chi connectivity index (χ0v) is 17.7. The SMILES string of the molecule is O=C(CN(C1=NC2CS(=O)(=O)CC2S1)c1ccccc1)Nc1cccc(C(F)(F)F)c1. The highest BCUT2D eigenvalue weighted by molar-refractivity contribution is 8.15. The number of nitrogens with zero attached hydrogens (tertiary/aromatic N) is 2. The molecule has 0 saturated carbocycles. The van der Waals surface area contributed by atoms with Crippen LogP contribution in [0.25, 0.3) is 0 Å². The first-order chi connectivity index (χ1) is 14.6. The van der Waals surface area contributed by atoms with Crippen LogP contribution in [-0.2, 0) is 20.8 Å². The molecule has 4 rings (SSSR count). The summed E-state index contributed by atoms with van der Waals surface area (Å²) in [6.07, 6.45) is -4.51. The van der Waals surface area contributed by atoms with Gasteiger partial charge in [0.1, 0.15) is 6.54 Å². The molecule has 1 fully saturated rings. The summed E-state index contributed by atoms with van der Waals surface area (Å²) in [5, 5.41) is 2.83. The van der Waals surface area contributed by atoms with E-state index in [2.05, 4.69) is 10.3 Å². The number of anilines is 2. The largest absolute Gasteiger partial charge is 0.416 e. The fourth-order valence-corrected chi connectivity index (χ4v) is 7.25. The van der Waals surface area contributed by atoms with Crippen molar-refractivity contribution in [2.24, 2.45) is 4.99 Å². The van der Waals surface area contributed by atoms with Crippen LogP contribution in [0, 0.1) is 0 Å². The van der Waals surface area contributed by atoms with Gasteiger partial charge in [0.15, 0.2) is 15.0 Å². The Kier molecular flexibility index (Phi) is 5.73. The molecule has 1 saturated heterocycles. The van der Waals surface area contributed by atoms with Gasteiger partial charge in [-0.3, -0.25) is 9.79 Å². The second kappa shape index (κ2) is 8.19. The van der Waals surface area contributed by atoms with Gasteiger partial charge in [-0.15, -0.1) is 0 Å². The minimum Gasteiger partial charge on any atom is -0.325 e. The van der Waals surface area contributed by atoms with E-state index in [1.165, 1.54) is 23.9 Å². The maximum Gasteiger partial charge on any atom is 0.416 e. The summed E-state index contributed by atoms with van der Waals surface area (Å²) in [5.41, 5.74) is -0.137. The summed E-state index contributed by atoms with van der Waals surface area (Å²) in [4.78, 5) is 18.8. The number of para-hydroxylation sites is 1. The number of carbonyl (C=O) groups excluding carboxylic acids is 1. The van der Waals surface area contributed by atoms with Gasteiger partial charge in [0, 0.05) is 16.6 Å². The highest BCUT2D eigenvalue weighted by atomic mass is 32.2. The van der Waals surface area contributed by atoms with Crippen molar-refractivity contribution in [2.45, 2.75) is 17.5 Å². The molecular weight excluding hydrogens is 451 g/mol. The third-order valence-electron chi connectivity index (χ3n) is 4.88. The Labute approximate surface area is 181 Å².